The van der Waals surface area contributed by atoms with Gasteiger partial charge < -0.3 is 10.2 Å². The van der Waals surface area contributed by atoms with E-state index in [9.17, 15) is 35.6 Å². The fraction of sp³-hybridized carbons (Fsp3) is 0.440. The zero-order valence-corrected chi connectivity index (χ0v) is 23.1. The zero-order valence-electron chi connectivity index (χ0n) is 21.6. The van der Waals surface area contributed by atoms with E-state index in [0.29, 0.717) is 15.9 Å². The molecule has 2 aromatic carbocycles. The van der Waals surface area contributed by atoms with Gasteiger partial charge in [-0.2, -0.15) is 13.2 Å². The highest BCUT2D eigenvalue weighted by atomic mass is 35.5. The van der Waals surface area contributed by atoms with Gasteiger partial charge in [0.05, 0.1) is 22.5 Å². The minimum Gasteiger partial charge on any atom is -0.350 e. The molecule has 0 spiro atoms. The molecule has 0 aliphatic rings. The SMILES string of the molecule is CC[C@H](C(=O)NC(C)(C)C)N(Cc1ccc(F)cc1)C(=O)CN(c1ccc(Cl)c(C(F)(F)F)c1)S(C)(=O)=O. The van der Waals surface area contributed by atoms with E-state index in [0.717, 1.165) is 23.3 Å². The maximum absolute atomic E-state index is 13.6. The lowest BCUT2D eigenvalue weighted by Crippen LogP contribution is -2.55. The van der Waals surface area contributed by atoms with Crippen molar-refractivity contribution in [3.63, 3.8) is 0 Å². The summed E-state index contributed by atoms with van der Waals surface area (Å²) >= 11 is 5.67. The smallest absolute Gasteiger partial charge is 0.350 e. The second-order valence-electron chi connectivity index (χ2n) is 9.74. The number of halogens is 5. The van der Waals surface area contributed by atoms with Crippen molar-refractivity contribution in [2.24, 2.45) is 0 Å². The average Bonchev–Trinajstić information content (AvgIpc) is 2.76. The molecule has 0 aliphatic heterocycles. The first-order valence-corrected chi connectivity index (χ1v) is 13.8. The summed E-state index contributed by atoms with van der Waals surface area (Å²) in [7, 11) is -4.26. The number of amides is 2. The maximum atomic E-state index is 13.6. The monoisotopic (exact) mass is 579 g/mol. The summed E-state index contributed by atoms with van der Waals surface area (Å²) in [5.41, 5.74) is -1.88. The molecule has 0 aromatic heterocycles. The van der Waals surface area contributed by atoms with E-state index in [1.807, 2.05) is 0 Å². The molecule has 2 amide bonds. The molecule has 1 atom stereocenters. The number of nitrogens with zero attached hydrogens (tertiary/aromatic N) is 2. The van der Waals surface area contributed by atoms with Crippen LogP contribution in [0.1, 0.15) is 45.2 Å². The van der Waals surface area contributed by atoms with Crippen molar-refractivity contribution in [2.75, 3.05) is 17.1 Å². The van der Waals surface area contributed by atoms with E-state index in [-0.39, 0.29) is 13.0 Å². The molecule has 0 saturated heterocycles. The Hall–Kier alpha value is -2.86. The Morgan fingerprint density at radius 2 is 1.63 bits per heavy atom. The van der Waals surface area contributed by atoms with Gasteiger partial charge in [-0.15, -0.1) is 0 Å². The lowest BCUT2D eigenvalue weighted by atomic mass is 10.1. The molecule has 7 nitrogen and oxygen atoms in total. The van der Waals surface area contributed by atoms with Gasteiger partial charge in [0.2, 0.25) is 21.8 Å². The number of hydrogen-bond acceptors (Lipinski definition) is 4. The van der Waals surface area contributed by atoms with Crippen LogP contribution in [0.5, 0.6) is 0 Å². The van der Waals surface area contributed by atoms with Crippen LogP contribution in [0.2, 0.25) is 5.02 Å². The van der Waals surface area contributed by atoms with Crippen LogP contribution in [0.4, 0.5) is 23.2 Å². The van der Waals surface area contributed by atoms with Crippen LogP contribution in [0.3, 0.4) is 0 Å². The van der Waals surface area contributed by atoms with Crippen molar-refractivity contribution in [3.8, 4) is 0 Å². The van der Waals surface area contributed by atoms with Gasteiger partial charge in [-0.3, -0.25) is 13.9 Å². The van der Waals surface area contributed by atoms with Gasteiger partial charge in [0.15, 0.2) is 0 Å². The highest BCUT2D eigenvalue weighted by Crippen LogP contribution is 2.37. The first-order chi connectivity index (χ1) is 17.3. The molecular formula is C25H30ClF4N3O4S. The number of carbonyl (C=O) groups is 2. The van der Waals surface area contributed by atoms with Crippen LogP contribution in [0.25, 0.3) is 0 Å². The molecule has 1 N–H and O–H groups in total. The average molecular weight is 580 g/mol. The van der Waals surface area contributed by atoms with E-state index in [4.69, 9.17) is 11.6 Å². The number of sulfonamides is 1. The predicted octanol–water partition coefficient (Wildman–Crippen LogP) is 4.99. The molecule has 0 saturated carbocycles. The van der Waals surface area contributed by atoms with E-state index >= 15 is 0 Å². The zero-order chi connectivity index (χ0) is 29.1. The summed E-state index contributed by atoms with van der Waals surface area (Å²) in [5, 5.41) is 2.15. The Kier molecular flexibility index (Phi) is 9.82. The predicted molar refractivity (Wildman–Crippen MR) is 138 cm³/mol. The summed E-state index contributed by atoms with van der Waals surface area (Å²) in [4.78, 5) is 27.8. The third-order valence-electron chi connectivity index (χ3n) is 5.37. The van der Waals surface area contributed by atoms with Gasteiger partial charge in [-0.05, 0) is 63.1 Å². The summed E-state index contributed by atoms with van der Waals surface area (Å²) in [6.07, 6.45) is -3.98. The van der Waals surface area contributed by atoms with Crippen molar-refractivity contribution < 1.29 is 35.6 Å². The number of anilines is 1. The van der Waals surface area contributed by atoms with Crippen LogP contribution in [0.15, 0.2) is 42.5 Å². The third kappa shape index (κ3) is 8.59. The van der Waals surface area contributed by atoms with Crippen LogP contribution in [-0.2, 0) is 32.3 Å². The van der Waals surface area contributed by atoms with Gasteiger partial charge in [0.25, 0.3) is 0 Å². The molecule has 0 radical (unpaired) electrons. The molecule has 0 bridgehead atoms. The molecule has 0 heterocycles. The Morgan fingerprint density at radius 1 is 1.05 bits per heavy atom. The topological polar surface area (TPSA) is 86.8 Å². The molecule has 2 rings (SSSR count). The Labute approximate surface area is 224 Å². The minimum atomic E-state index is -4.87. The lowest BCUT2D eigenvalue weighted by molar-refractivity contribution is -0.141. The van der Waals surface area contributed by atoms with E-state index in [1.165, 1.54) is 24.3 Å². The van der Waals surface area contributed by atoms with E-state index < -0.39 is 68.2 Å². The molecule has 0 aliphatic carbocycles. The van der Waals surface area contributed by atoms with Gasteiger partial charge in [-0.1, -0.05) is 30.7 Å². The number of alkyl halides is 3. The fourth-order valence-electron chi connectivity index (χ4n) is 3.66. The van der Waals surface area contributed by atoms with E-state index in [2.05, 4.69) is 5.32 Å². The number of carbonyl (C=O) groups excluding carboxylic acids is 2. The van der Waals surface area contributed by atoms with Crippen LogP contribution < -0.4 is 9.62 Å². The Balaban J connectivity index is 2.53. The van der Waals surface area contributed by atoms with Crippen molar-refractivity contribution in [1.29, 1.82) is 0 Å². The van der Waals surface area contributed by atoms with Gasteiger partial charge in [-0.25, -0.2) is 12.8 Å². The van der Waals surface area contributed by atoms with Crippen LogP contribution in [-0.4, -0.2) is 49.5 Å². The molecular weight excluding hydrogens is 550 g/mol. The summed E-state index contributed by atoms with van der Waals surface area (Å²) in [5.74, 6) is -1.87. The van der Waals surface area contributed by atoms with Crippen molar-refractivity contribution in [2.45, 2.75) is 58.4 Å². The standard InChI is InChI=1S/C25H30ClF4N3O4S/c1-6-21(23(35)31-24(2,3)4)32(14-16-7-9-17(27)10-8-16)22(34)15-33(38(5,36)37)18-11-12-20(26)19(13-18)25(28,29)30/h7-13,21H,6,14-15H2,1-5H3,(H,31,35)/t21-/m1/s1. The number of hydrogen-bond donors (Lipinski definition) is 1. The summed E-state index contributed by atoms with van der Waals surface area (Å²) in [6, 6.07) is 6.60. The molecule has 0 unspecified atom stereocenters. The molecule has 2 aromatic rings. The van der Waals surface area contributed by atoms with Crippen molar-refractivity contribution in [3.05, 3.63) is 64.4 Å². The van der Waals surface area contributed by atoms with Gasteiger partial charge in [0, 0.05) is 12.1 Å². The molecule has 210 valence electrons. The number of nitrogens with one attached hydrogen (secondary N) is 1. The van der Waals surface area contributed by atoms with Crippen molar-refractivity contribution in [1.82, 2.24) is 10.2 Å². The third-order valence-corrected chi connectivity index (χ3v) is 6.84. The van der Waals surface area contributed by atoms with Crippen molar-refractivity contribution >= 4 is 39.1 Å². The fourth-order valence-corrected chi connectivity index (χ4v) is 4.72. The molecule has 0 fully saturated rings. The second kappa shape index (κ2) is 11.9. The summed E-state index contributed by atoms with van der Waals surface area (Å²) < 4.78 is 79.5. The largest absolute Gasteiger partial charge is 0.417 e. The first kappa shape index (κ1) is 31.4. The summed E-state index contributed by atoms with van der Waals surface area (Å²) in [6.45, 7) is 5.82. The first-order valence-electron chi connectivity index (χ1n) is 11.5. The highest BCUT2D eigenvalue weighted by Gasteiger charge is 2.36. The van der Waals surface area contributed by atoms with E-state index in [1.54, 1.807) is 27.7 Å². The second-order valence-corrected chi connectivity index (χ2v) is 12.1. The molecule has 38 heavy (non-hydrogen) atoms. The Morgan fingerprint density at radius 3 is 2.11 bits per heavy atom. The quantitative estimate of drug-likeness (QED) is 0.424. The number of benzene rings is 2. The lowest BCUT2D eigenvalue weighted by Gasteiger charge is -2.34. The molecule has 13 heteroatoms. The normalized spacial score (nSPS) is 13.1. The van der Waals surface area contributed by atoms with Crippen LogP contribution in [0, 0.1) is 5.82 Å². The maximum Gasteiger partial charge on any atom is 0.417 e. The minimum absolute atomic E-state index is 0.146. The highest BCUT2D eigenvalue weighted by molar-refractivity contribution is 7.92. The van der Waals surface area contributed by atoms with Crippen LogP contribution >= 0.6 is 11.6 Å². The Bertz CT molecular complexity index is 1260. The van der Waals surface area contributed by atoms with Gasteiger partial charge >= 0.3 is 6.18 Å². The number of rotatable bonds is 9. The van der Waals surface area contributed by atoms with Gasteiger partial charge in [0.1, 0.15) is 18.4 Å².